The van der Waals surface area contributed by atoms with E-state index in [0.717, 1.165) is 22.0 Å². The van der Waals surface area contributed by atoms with E-state index in [1.54, 1.807) is 13.8 Å². The van der Waals surface area contributed by atoms with Gasteiger partial charge in [0, 0.05) is 24.8 Å². The minimum absolute atomic E-state index is 0.0224. The van der Waals surface area contributed by atoms with Crippen LogP contribution in [0.15, 0.2) is 48.5 Å². The summed E-state index contributed by atoms with van der Waals surface area (Å²) < 4.78 is 39.8. The molecule has 0 unspecified atom stereocenters. The van der Waals surface area contributed by atoms with E-state index in [4.69, 9.17) is 9.57 Å². The van der Waals surface area contributed by atoms with Crippen molar-refractivity contribution >= 4 is 56.0 Å². The van der Waals surface area contributed by atoms with E-state index in [9.17, 15) is 32.1 Å². The van der Waals surface area contributed by atoms with Crippen LogP contribution >= 0.6 is 0 Å². The SMILES string of the molecule is Cc1cc(C(=O)ON2C(=O)CCC2=O)cc(C)c1OC(=O)C1=[N+](CCCCS(=O)(=O)O)c2c(ccc3ccccc23)C1(C)C. The highest BCUT2D eigenvalue weighted by molar-refractivity contribution is 7.85. The zero-order chi connectivity index (χ0) is 32.0. The van der Waals surface area contributed by atoms with E-state index in [2.05, 4.69) is 0 Å². The van der Waals surface area contributed by atoms with Gasteiger partial charge in [-0.2, -0.15) is 13.0 Å². The Morgan fingerprint density at radius 3 is 2.23 bits per heavy atom. The van der Waals surface area contributed by atoms with Gasteiger partial charge in [-0.1, -0.05) is 30.3 Å². The number of hydrogen-bond donors (Lipinski definition) is 1. The number of unbranched alkanes of at least 4 members (excludes halogenated alkanes) is 1. The molecule has 0 radical (unpaired) electrons. The van der Waals surface area contributed by atoms with Gasteiger partial charge in [-0.05, 0) is 68.8 Å². The fourth-order valence-electron chi connectivity index (χ4n) is 5.93. The molecule has 0 saturated carbocycles. The molecule has 5 rings (SSSR count). The zero-order valence-corrected chi connectivity index (χ0v) is 25.7. The predicted molar refractivity (Wildman–Crippen MR) is 160 cm³/mol. The van der Waals surface area contributed by atoms with Crippen molar-refractivity contribution in [3.63, 3.8) is 0 Å². The number of fused-ring (bicyclic) bond motifs is 3. The number of nitrogens with zero attached hydrogens (tertiary/aromatic N) is 2. The molecular formula is C32H33N2O9S+. The molecule has 0 bridgehead atoms. The lowest BCUT2D eigenvalue weighted by Crippen LogP contribution is -2.39. The first kappa shape index (κ1) is 31.0. The Balaban J connectivity index is 1.49. The molecular weight excluding hydrogens is 588 g/mol. The largest absolute Gasteiger partial charge is 0.418 e. The zero-order valence-electron chi connectivity index (χ0n) is 24.9. The summed E-state index contributed by atoms with van der Waals surface area (Å²) in [6.45, 7) is 7.49. The fraction of sp³-hybridized carbons (Fsp3) is 0.344. The van der Waals surface area contributed by atoms with Crippen molar-refractivity contribution in [1.29, 1.82) is 0 Å². The standard InChI is InChI=1S/C32H32N2O9S/c1-19-17-22(30(37)43-34-25(35)13-14-26(34)36)18-20(2)28(19)42-31(38)29-32(3,4)24-12-11-21-9-5-6-10-23(21)27(24)33(29)15-7-8-16-44(39,40)41/h5-6,9-12,17-18H,7-8,13-16H2,1-4H3/p+1. The number of carbonyl (C=O) groups excluding carboxylic acids is 4. The normalized spacial score (nSPS) is 16.1. The molecule has 2 heterocycles. The first-order chi connectivity index (χ1) is 20.7. The summed E-state index contributed by atoms with van der Waals surface area (Å²) in [6.07, 6.45) is 0.533. The van der Waals surface area contributed by atoms with Crippen LogP contribution in [-0.2, 0) is 34.8 Å². The van der Waals surface area contributed by atoms with Crippen molar-refractivity contribution in [2.24, 2.45) is 0 Å². The Hall–Kier alpha value is -4.42. The number of carbonyl (C=O) groups is 4. The topological polar surface area (TPSA) is 147 Å². The molecule has 1 saturated heterocycles. The van der Waals surface area contributed by atoms with E-state index >= 15 is 0 Å². The van der Waals surface area contributed by atoms with Crippen molar-refractivity contribution in [3.8, 4) is 5.75 Å². The molecule has 0 spiro atoms. The third-order valence-electron chi connectivity index (χ3n) is 8.00. The average molecular weight is 622 g/mol. The molecule has 3 aromatic carbocycles. The second kappa shape index (κ2) is 11.6. The highest BCUT2D eigenvalue weighted by Crippen LogP contribution is 2.44. The summed E-state index contributed by atoms with van der Waals surface area (Å²) in [6, 6.07) is 14.7. The fourth-order valence-corrected chi connectivity index (χ4v) is 6.50. The molecule has 1 N–H and O–H groups in total. The van der Waals surface area contributed by atoms with Gasteiger partial charge >= 0.3 is 11.9 Å². The monoisotopic (exact) mass is 621 g/mol. The number of esters is 1. The third kappa shape index (κ3) is 5.87. The highest BCUT2D eigenvalue weighted by Gasteiger charge is 2.51. The van der Waals surface area contributed by atoms with Gasteiger partial charge < -0.3 is 9.57 Å². The van der Waals surface area contributed by atoms with Gasteiger partial charge in [0.25, 0.3) is 27.6 Å². The molecule has 2 aliphatic rings. The molecule has 2 amide bonds. The number of amides is 2. The third-order valence-corrected chi connectivity index (χ3v) is 8.81. The minimum Gasteiger partial charge on any atom is -0.418 e. The van der Waals surface area contributed by atoms with E-state index in [1.165, 1.54) is 12.1 Å². The molecule has 0 aromatic heterocycles. The molecule has 230 valence electrons. The number of aryl methyl sites for hydroxylation is 2. The van der Waals surface area contributed by atoms with Gasteiger partial charge in [0.05, 0.1) is 22.1 Å². The predicted octanol–water partition coefficient (Wildman–Crippen LogP) is 4.33. The average Bonchev–Trinajstić information content (AvgIpc) is 3.39. The molecule has 3 aromatic rings. The van der Waals surface area contributed by atoms with Gasteiger partial charge in [0.1, 0.15) is 12.3 Å². The summed E-state index contributed by atoms with van der Waals surface area (Å²) in [5.41, 5.74) is 2.34. The summed E-state index contributed by atoms with van der Waals surface area (Å²) >= 11 is 0. The number of ether oxygens (including phenoxy) is 1. The Kier molecular flexibility index (Phi) is 8.17. The van der Waals surface area contributed by atoms with E-state index in [1.807, 2.05) is 54.8 Å². The van der Waals surface area contributed by atoms with Gasteiger partial charge in [-0.15, -0.1) is 5.06 Å². The van der Waals surface area contributed by atoms with Crippen LogP contribution in [0, 0.1) is 13.8 Å². The first-order valence-electron chi connectivity index (χ1n) is 14.2. The summed E-state index contributed by atoms with van der Waals surface area (Å²) in [5.74, 6) is -2.82. The maximum absolute atomic E-state index is 14.1. The Morgan fingerprint density at radius 1 is 0.955 bits per heavy atom. The van der Waals surface area contributed by atoms with Crippen molar-refractivity contribution in [2.45, 2.75) is 58.8 Å². The first-order valence-corrected chi connectivity index (χ1v) is 15.8. The quantitative estimate of drug-likeness (QED) is 0.0921. The maximum atomic E-state index is 14.1. The molecule has 12 heteroatoms. The number of rotatable bonds is 9. The highest BCUT2D eigenvalue weighted by atomic mass is 32.2. The summed E-state index contributed by atoms with van der Waals surface area (Å²) in [7, 11) is -4.13. The summed E-state index contributed by atoms with van der Waals surface area (Å²) in [5, 5.41) is 2.39. The van der Waals surface area contributed by atoms with Crippen LogP contribution in [0.4, 0.5) is 5.69 Å². The van der Waals surface area contributed by atoms with Crippen molar-refractivity contribution in [3.05, 3.63) is 70.8 Å². The van der Waals surface area contributed by atoms with Crippen molar-refractivity contribution in [1.82, 2.24) is 5.06 Å². The van der Waals surface area contributed by atoms with Crippen LogP contribution in [-0.4, -0.2) is 64.4 Å². The number of hydrogen-bond acceptors (Lipinski definition) is 8. The van der Waals surface area contributed by atoms with Crippen LogP contribution in [0.1, 0.15) is 66.6 Å². The number of hydroxylamine groups is 2. The molecule has 0 aliphatic carbocycles. The molecule has 2 aliphatic heterocycles. The van der Waals surface area contributed by atoms with Crippen LogP contribution in [0.25, 0.3) is 10.8 Å². The van der Waals surface area contributed by atoms with Gasteiger partial charge in [-0.25, -0.2) is 9.59 Å². The Morgan fingerprint density at radius 2 is 1.59 bits per heavy atom. The number of benzene rings is 3. The second-order valence-corrected chi connectivity index (χ2v) is 13.2. The molecule has 1 fully saturated rings. The van der Waals surface area contributed by atoms with Crippen LogP contribution in [0.2, 0.25) is 0 Å². The van der Waals surface area contributed by atoms with Gasteiger partial charge in [0.15, 0.2) is 0 Å². The van der Waals surface area contributed by atoms with Gasteiger partial charge in [0.2, 0.25) is 5.69 Å². The van der Waals surface area contributed by atoms with E-state index in [0.29, 0.717) is 34.9 Å². The molecule has 11 nitrogen and oxygen atoms in total. The lowest BCUT2D eigenvalue weighted by molar-refractivity contribution is -0.437. The van der Waals surface area contributed by atoms with Crippen LogP contribution in [0.5, 0.6) is 5.75 Å². The smallest absolute Gasteiger partial charge is 0.405 e. The summed E-state index contributed by atoms with van der Waals surface area (Å²) in [4.78, 5) is 55.6. The Bertz CT molecular complexity index is 1840. The van der Waals surface area contributed by atoms with E-state index in [-0.39, 0.29) is 36.3 Å². The minimum atomic E-state index is -4.13. The van der Waals surface area contributed by atoms with Crippen LogP contribution < -0.4 is 4.74 Å². The lowest BCUT2D eigenvalue weighted by atomic mass is 9.81. The van der Waals surface area contributed by atoms with Crippen molar-refractivity contribution < 1.29 is 46.3 Å². The Labute approximate surface area is 254 Å². The maximum Gasteiger partial charge on any atom is 0.405 e. The lowest BCUT2D eigenvalue weighted by Gasteiger charge is -2.18. The van der Waals surface area contributed by atoms with E-state index < -0.39 is 39.3 Å². The second-order valence-electron chi connectivity index (χ2n) is 11.6. The van der Waals surface area contributed by atoms with Crippen LogP contribution in [0.3, 0.4) is 0 Å². The van der Waals surface area contributed by atoms with Crippen molar-refractivity contribution in [2.75, 3.05) is 12.3 Å². The molecule has 44 heavy (non-hydrogen) atoms. The number of imide groups is 1. The molecule has 0 atom stereocenters. The van der Waals surface area contributed by atoms with Gasteiger partial charge in [-0.3, -0.25) is 14.1 Å².